The molecule has 0 bridgehead atoms. The van der Waals surface area contributed by atoms with Crippen LogP contribution in [0.4, 0.5) is 17.6 Å². The van der Waals surface area contributed by atoms with Gasteiger partial charge in [-0.25, -0.2) is 0 Å². The van der Waals surface area contributed by atoms with E-state index < -0.39 is 0 Å². The van der Waals surface area contributed by atoms with Gasteiger partial charge in [-0.15, -0.1) is 0 Å². The Morgan fingerprint density at radius 1 is 1.33 bits per heavy atom. The second-order valence-corrected chi connectivity index (χ2v) is 4.88. The highest BCUT2D eigenvalue weighted by molar-refractivity contribution is 5.51. The summed E-state index contributed by atoms with van der Waals surface area (Å²) in [5.41, 5.74) is 11.4. The molecule has 0 amide bonds. The summed E-state index contributed by atoms with van der Waals surface area (Å²) in [6.45, 7) is 5.34. The number of nitrogens with two attached hydrogens (primary N) is 2. The molecule has 1 unspecified atom stereocenters. The Labute approximate surface area is 108 Å². The summed E-state index contributed by atoms with van der Waals surface area (Å²) in [7, 11) is 2.16. The molecule has 0 radical (unpaired) electrons. The lowest BCUT2D eigenvalue weighted by Gasteiger charge is -2.31. The van der Waals surface area contributed by atoms with Crippen LogP contribution in [0.3, 0.4) is 0 Å². The van der Waals surface area contributed by atoms with Gasteiger partial charge in [-0.2, -0.15) is 9.97 Å². The van der Waals surface area contributed by atoms with Gasteiger partial charge in [0.2, 0.25) is 5.95 Å². The first-order valence-electron chi connectivity index (χ1n) is 6.45. The van der Waals surface area contributed by atoms with Crippen molar-refractivity contribution in [2.45, 2.75) is 25.8 Å². The van der Waals surface area contributed by atoms with Gasteiger partial charge in [0.25, 0.3) is 0 Å². The molecule has 0 saturated carbocycles. The zero-order chi connectivity index (χ0) is 13.1. The number of nitrogen functional groups attached to an aromatic ring is 2. The summed E-state index contributed by atoms with van der Waals surface area (Å²) >= 11 is 0. The van der Waals surface area contributed by atoms with Crippen LogP contribution in [0.25, 0.3) is 0 Å². The number of anilines is 3. The first-order valence-corrected chi connectivity index (χ1v) is 6.45. The second-order valence-electron chi connectivity index (χ2n) is 4.88. The maximum Gasteiger partial charge on any atom is 0.223 e. The van der Waals surface area contributed by atoms with Gasteiger partial charge >= 0.3 is 0 Å². The van der Waals surface area contributed by atoms with Crippen LogP contribution in [0, 0.1) is 0 Å². The lowest BCUT2D eigenvalue weighted by molar-refractivity contribution is 0.327. The summed E-state index contributed by atoms with van der Waals surface area (Å²) in [4.78, 5) is 12.9. The van der Waals surface area contributed by atoms with Crippen LogP contribution in [0.5, 0.6) is 0 Å². The summed E-state index contributed by atoms with van der Waals surface area (Å²) in [6.07, 6.45) is 2.20. The lowest BCUT2D eigenvalue weighted by Crippen LogP contribution is -2.40. The van der Waals surface area contributed by atoms with Crippen LogP contribution >= 0.6 is 0 Å². The minimum atomic E-state index is 0.248. The van der Waals surface area contributed by atoms with E-state index in [1.165, 1.54) is 0 Å². The molecule has 1 atom stereocenters. The van der Waals surface area contributed by atoms with Crippen molar-refractivity contribution < 1.29 is 0 Å². The van der Waals surface area contributed by atoms with Gasteiger partial charge in [0.05, 0.1) is 0 Å². The predicted molar refractivity (Wildman–Crippen MR) is 74.4 cm³/mol. The van der Waals surface area contributed by atoms with Crippen LogP contribution < -0.4 is 16.4 Å². The molecule has 1 aliphatic heterocycles. The third kappa shape index (κ3) is 2.81. The van der Waals surface area contributed by atoms with Crippen molar-refractivity contribution in [2.24, 2.45) is 0 Å². The van der Waals surface area contributed by atoms with E-state index in [0.717, 1.165) is 38.3 Å². The Morgan fingerprint density at radius 3 is 2.78 bits per heavy atom. The van der Waals surface area contributed by atoms with Crippen LogP contribution in [0.15, 0.2) is 6.07 Å². The van der Waals surface area contributed by atoms with Gasteiger partial charge in [0.1, 0.15) is 11.6 Å². The van der Waals surface area contributed by atoms with E-state index in [2.05, 4.69) is 33.7 Å². The van der Waals surface area contributed by atoms with E-state index >= 15 is 0 Å². The molecule has 2 rings (SSSR count). The van der Waals surface area contributed by atoms with Crippen molar-refractivity contribution >= 4 is 17.6 Å². The van der Waals surface area contributed by atoms with Crippen molar-refractivity contribution in [3.05, 3.63) is 6.07 Å². The zero-order valence-corrected chi connectivity index (χ0v) is 11.1. The zero-order valence-electron chi connectivity index (χ0n) is 11.1. The molecule has 0 spiro atoms. The van der Waals surface area contributed by atoms with E-state index in [1.807, 2.05) is 6.07 Å². The Balaban J connectivity index is 2.28. The van der Waals surface area contributed by atoms with Crippen molar-refractivity contribution in [2.75, 3.05) is 43.0 Å². The van der Waals surface area contributed by atoms with Crippen LogP contribution in [-0.2, 0) is 0 Å². The van der Waals surface area contributed by atoms with Crippen LogP contribution in [0.1, 0.15) is 19.8 Å². The van der Waals surface area contributed by atoms with E-state index in [4.69, 9.17) is 11.5 Å². The fourth-order valence-electron chi connectivity index (χ4n) is 2.51. The van der Waals surface area contributed by atoms with Gasteiger partial charge in [-0.3, -0.25) is 0 Å². The molecule has 1 saturated heterocycles. The van der Waals surface area contributed by atoms with E-state index in [0.29, 0.717) is 11.9 Å². The highest BCUT2D eigenvalue weighted by atomic mass is 15.3. The molecule has 1 fully saturated rings. The molecule has 4 N–H and O–H groups in total. The standard InChI is InChI=1S/C12H22N6/c1-3-9-8-17(2)5-4-6-18(9)11-7-10(13)15-12(14)16-11/h7,9H,3-6,8H2,1-2H3,(H4,13,14,15,16). The SMILES string of the molecule is CCC1CN(C)CCCN1c1cc(N)nc(N)n1. The van der Waals surface area contributed by atoms with E-state index in [9.17, 15) is 0 Å². The van der Waals surface area contributed by atoms with Crippen molar-refractivity contribution in [1.29, 1.82) is 0 Å². The van der Waals surface area contributed by atoms with Gasteiger partial charge in [-0.05, 0) is 26.4 Å². The molecule has 6 nitrogen and oxygen atoms in total. The smallest absolute Gasteiger partial charge is 0.223 e. The first kappa shape index (κ1) is 12.9. The first-order chi connectivity index (χ1) is 8.60. The number of nitrogens with zero attached hydrogens (tertiary/aromatic N) is 4. The van der Waals surface area contributed by atoms with Crippen molar-refractivity contribution in [3.8, 4) is 0 Å². The molecule has 1 aromatic rings. The molecule has 1 aliphatic rings. The van der Waals surface area contributed by atoms with Gasteiger partial charge in [0, 0.05) is 25.2 Å². The molecule has 18 heavy (non-hydrogen) atoms. The molecule has 2 heterocycles. The maximum absolute atomic E-state index is 5.75. The third-order valence-electron chi connectivity index (χ3n) is 3.42. The highest BCUT2D eigenvalue weighted by Gasteiger charge is 2.23. The average molecular weight is 250 g/mol. The average Bonchev–Trinajstić information content (AvgIpc) is 2.49. The Bertz CT molecular complexity index is 387. The quantitative estimate of drug-likeness (QED) is 0.798. The molecule has 0 aromatic carbocycles. The monoisotopic (exact) mass is 250 g/mol. The Hall–Kier alpha value is -1.56. The molecule has 1 aromatic heterocycles. The van der Waals surface area contributed by atoms with Gasteiger partial charge in [-0.1, -0.05) is 6.92 Å². The minimum Gasteiger partial charge on any atom is -0.383 e. The molecular weight excluding hydrogens is 228 g/mol. The van der Waals surface area contributed by atoms with Crippen LogP contribution in [-0.4, -0.2) is 47.6 Å². The van der Waals surface area contributed by atoms with Crippen LogP contribution in [0.2, 0.25) is 0 Å². The van der Waals surface area contributed by atoms with E-state index in [-0.39, 0.29) is 5.95 Å². The Kier molecular flexibility index (Phi) is 3.86. The van der Waals surface area contributed by atoms with Crippen molar-refractivity contribution in [1.82, 2.24) is 14.9 Å². The topological polar surface area (TPSA) is 84.3 Å². The fraction of sp³-hybridized carbons (Fsp3) is 0.667. The van der Waals surface area contributed by atoms with E-state index in [1.54, 1.807) is 0 Å². The van der Waals surface area contributed by atoms with Gasteiger partial charge < -0.3 is 21.3 Å². The summed E-state index contributed by atoms with van der Waals surface area (Å²) < 4.78 is 0. The largest absolute Gasteiger partial charge is 0.383 e. The van der Waals surface area contributed by atoms with Crippen molar-refractivity contribution in [3.63, 3.8) is 0 Å². The fourth-order valence-corrected chi connectivity index (χ4v) is 2.51. The summed E-state index contributed by atoms with van der Waals surface area (Å²) in [5.74, 6) is 1.53. The highest BCUT2D eigenvalue weighted by Crippen LogP contribution is 2.21. The molecule has 6 heteroatoms. The number of likely N-dealkylation sites (N-methyl/N-ethyl adjacent to an activating group) is 1. The normalized spacial score (nSPS) is 21.9. The maximum atomic E-state index is 5.75. The molecule has 100 valence electrons. The summed E-state index contributed by atoms with van der Waals surface area (Å²) in [5, 5.41) is 0. The molecule has 0 aliphatic carbocycles. The predicted octanol–water partition coefficient (Wildman–Crippen LogP) is 0.562. The summed E-state index contributed by atoms with van der Waals surface area (Å²) in [6, 6.07) is 2.26. The number of aromatic nitrogens is 2. The Morgan fingerprint density at radius 2 is 2.11 bits per heavy atom. The number of hydrogen-bond acceptors (Lipinski definition) is 6. The number of rotatable bonds is 2. The third-order valence-corrected chi connectivity index (χ3v) is 3.42. The lowest BCUT2D eigenvalue weighted by atomic mass is 10.2. The number of hydrogen-bond donors (Lipinski definition) is 2. The molecular formula is C12H22N6. The minimum absolute atomic E-state index is 0.248. The van der Waals surface area contributed by atoms with Gasteiger partial charge in [0.15, 0.2) is 0 Å². The second kappa shape index (κ2) is 5.39.